The van der Waals surface area contributed by atoms with E-state index >= 15 is 0 Å². The quantitative estimate of drug-likeness (QED) is 0.798. The average molecular weight is 309 g/mol. The molecule has 0 unspecified atom stereocenters. The lowest BCUT2D eigenvalue weighted by molar-refractivity contribution is -0.140. The number of methoxy groups -OCH3 is 1. The Hall–Kier alpha value is -2.62. The van der Waals surface area contributed by atoms with Crippen LogP contribution in [-0.2, 0) is 22.6 Å². The van der Waals surface area contributed by atoms with Crippen molar-refractivity contribution in [2.75, 3.05) is 7.11 Å². The highest BCUT2D eigenvalue weighted by Gasteiger charge is 2.38. The Kier molecular flexibility index (Phi) is 4.42. The molecule has 2 amide bonds. The third-order valence-corrected chi connectivity index (χ3v) is 4.16. The van der Waals surface area contributed by atoms with Crippen LogP contribution in [0.4, 0.5) is 0 Å². The molecule has 4 nitrogen and oxygen atoms in total. The van der Waals surface area contributed by atoms with Gasteiger partial charge in [0.25, 0.3) is 0 Å². The van der Waals surface area contributed by atoms with E-state index in [4.69, 9.17) is 4.74 Å². The van der Waals surface area contributed by atoms with E-state index < -0.39 is 0 Å². The molecule has 1 aliphatic rings. The van der Waals surface area contributed by atoms with Crippen molar-refractivity contribution in [2.45, 2.75) is 19.4 Å². The summed E-state index contributed by atoms with van der Waals surface area (Å²) in [4.78, 5) is 26.1. The monoisotopic (exact) mass is 309 g/mol. The Bertz CT molecular complexity index is 694. The SMILES string of the molecule is COc1ccc(CN2C(=O)C[C@@H](Cc3ccccc3)C2=O)cc1. The van der Waals surface area contributed by atoms with Gasteiger partial charge in [-0.05, 0) is 29.7 Å². The fourth-order valence-corrected chi connectivity index (χ4v) is 2.89. The van der Waals surface area contributed by atoms with Crippen LogP contribution in [0.2, 0.25) is 0 Å². The van der Waals surface area contributed by atoms with E-state index in [1.54, 1.807) is 7.11 Å². The molecule has 4 heteroatoms. The number of carbonyl (C=O) groups excluding carboxylic acids is 2. The molecule has 2 aromatic rings. The van der Waals surface area contributed by atoms with E-state index in [-0.39, 0.29) is 17.7 Å². The summed E-state index contributed by atoms with van der Waals surface area (Å²) in [6.07, 6.45) is 0.911. The second-order valence-electron chi connectivity index (χ2n) is 5.76. The highest BCUT2D eigenvalue weighted by molar-refractivity contribution is 6.03. The lowest BCUT2D eigenvalue weighted by atomic mass is 9.98. The molecule has 1 heterocycles. The van der Waals surface area contributed by atoms with Gasteiger partial charge in [-0.15, -0.1) is 0 Å². The van der Waals surface area contributed by atoms with Gasteiger partial charge in [-0.3, -0.25) is 14.5 Å². The van der Waals surface area contributed by atoms with Gasteiger partial charge in [-0.25, -0.2) is 0 Å². The maximum atomic E-state index is 12.5. The first-order valence-electron chi connectivity index (χ1n) is 7.68. The van der Waals surface area contributed by atoms with Crippen molar-refractivity contribution in [3.05, 3.63) is 65.7 Å². The lowest BCUT2D eigenvalue weighted by Gasteiger charge is -2.15. The van der Waals surface area contributed by atoms with Gasteiger partial charge in [0.1, 0.15) is 5.75 Å². The molecule has 1 aliphatic heterocycles. The van der Waals surface area contributed by atoms with Crippen LogP contribution in [-0.4, -0.2) is 23.8 Å². The number of rotatable bonds is 5. The number of likely N-dealkylation sites (tertiary alicyclic amines) is 1. The Labute approximate surface area is 135 Å². The molecule has 3 rings (SSSR count). The summed E-state index contributed by atoms with van der Waals surface area (Å²) < 4.78 is 5.12. The third kappa shape index (κ3) is 3.42. The van der Waals surface area contributed by atoms with Crippen LogP contribution in [0.1, 0.15) is 17.5 Å². The van der Waals surface area contributed by atoms with E-state index in [2.05, 4.69) is 0 Å². The van der Waals surface area contributed by atoms with Crippen LogP contribution in [0.25, 0.3) is 0 Å². The zero-order valence-corrected chi connectivity index (χ0v) is 13.1. The predicted octanol–water partition coefficient (Wildman–Crippen LogP) is 2.81. The zero-order chi connectivity index (χ0) is 16.2. The van der Waals surface area contributed by atoms with E-state index in [1.165, 1.54) is 4.90 Å². The highest BCUT2D eigenvalue weighted by atomic mass is 16.5. The topological polar surface area (TPSA) is 46.6 Å². The van der Waals surface area contributed by atoms with Crippen LogP contribution in [0, 0.1) is 5.92 Å². The summed E-state index contributed by atoms with van der Waals surface area (Å²) in [5.74, 6) is 0.347. The Balaban J connectivity index is 1.68. The molecule has 0 bridgehead atoms. The van der Waals surface area contributed by atoms with E-state index in [0.717, 1.165) is 16.9 Å². The van der Waals surface area contributed by atoms with Crippen molar-refractivity contribution in [3.8, 4) is 5.75 Å². The minimum atomic E-state index is -0.247. The van der Waals surface area contributed by atoms with Crippen molar-refractivity contribution >= 4 is 11.8 Å². The van der Waals surface area contributed by atoms with Crippen LogP contribution in [0.15, 0.2) is 54.6 Å². The fraction of sp³-hybridized carbons (Fsp3) is 0.263. The number of carbonyl (C=O) groups is 2. The van der Waals surface area contributed by atoms with Gasteiger partial charge in [-0.1, -0.05) is 42.5 Å². The van der Waals surface area contributed by atoms with Gasteiger partial charge in [0.15, 0.2) is 0 Å². The van der Waals surface area contributed by atoms with Gasteiger partial charge in [-0.2, -0.15) is 0 Å². The molecule has 1 atom stereocenters. The fourth-order valence-electron chi connectivity index (χ4n) is 2.89. The van der Waals surface area contributed by atoms with Gasteiger partial charge in [0.2, 0.25) is 11.8 Å². The number of amides is 2. The number of hydrogen-bond acceptors (Lipinski definition) is 3. The summed E-state index contributed by atoms with van der Waals surface area (Å²) >= 11 is 0. The van der Waals surface area contributed by atoms with Gasteiger partial charge >= 0.3 is 0 Å². The first-order valence-corrected chi connectivity index (χ1v) is 7.68. The second kappa shape index (κ2) is 6.65. The molecule has 23 heavy (non-hydrogen) atoms. The summed E-state index contributed by atoms with van der Waals surface area (Å²) in [5.41, 5.74) is 2.01. The van der Waals surface area contributed by atoms with Gasteiger partial charge in [0.05, 0.1) is 19.6 Å². The summed E-state index contributed by atoms with van der Waals surface area (Å²) in [7, 11) is 1.61. The summed E-state index contributed by atoms with van der Waals surface area (Å²) in [5, 5.41) is 0. The molecule has 1 saturated heterocycles. The number of nitrogens with zero attached hydrogens (tertiary/aromatic N) is 1. The highest BCUT2D eigenvalue weighted by Crippen LogP contribution is 2.25. The maximum Gasteiger partial charge on any atom is 0.233 e. The number of hydrogen-bond donors (Lipinski definition) is 0. The number of imide groups is 1. The third-order valence-electron chi connectivity index (χ3n) is 4.16. The predicted molar refractivity (Wildman–Crippen MR) is 86.8 cm³/mol. The van der Waals surface area contributed by atoms with Crippen molar-refractivity contribution in [1.29, 1.82) is 0 Å². The second-order valence-corrected chi connectivity index (χ2v) is 5.76. The van der Waals surface area contributed by atoms with Gasteiger partial charge in [0, 0.05) is 6.42 Å². The van der Waals surface area contributed by atoms with E-state index in [9.17, 15) is 9.59 Å². The molecular weight excluding hydrogens is 290 g/mol. The molecular formula is C19H19NO3. The Morgan fingerprint density at radius 2 is 1.70 bits per heavy atom. The van der Waals surface area contributed by atoms with Crippen molar-refractivity contribution < 1.29 is 14.3 Å². The molecule has 0 aromatic heterocycles. The largest absolute Gasteiger partial charge is 0.497 e. The van der Waals surface area contributed by atoms with Crippen molar-refractivity contribution in [1.82, 2.24) is 4.90 Å². The molecule has 118 valence electrons. The summed E-state index contributed by atoms with van der Waals surface area (Å²) in [6, 6.07) is 17.3. The Morgan fingerprint density at radius 3 is 2.35 bits per heavy atom. The molecule has 0 radical (unpaired) electrons. The van der Waals surface area contributed by atoms with Crippen molar-refractivity contribution in [2.24, 2.45) is 5.92 Å². The zero-order valence-electron chi connectivity index (χ0n) is 13.1. The minimum Gasteiger partial charge on any atom is -0.497 e. The van der Waals surface area contributed by atoms with E-state index in [0.29, 0.717) is 19.4 Å². The number of benzene rings is 2. The van der Waals surface area contributed by atoms with E-state index in [1.807, 2.05) is 54.6 Å². The van der Waals surface area contributed by atoms with Gasteiger partial charge < -0.3 is 4.74 Å². The molecule has 2 aromatic carbocycles. The van der Waals surface area contributed by atoms with Crippen LogP contribution in [0.5, 0.6) is 5.75 Å². The van der Waals surface area contributed by atoms with Crippen molar-refractivity contribution in [3.63, 3.8) is 0 Å². The number of ether oxygens (including phenoxy) is 1. The minimum absolute atomic E-state index is 0.0744. The Morgan fingerprint density at radius 1 is 1.00 bits per heavy atom. The smallest absolute Gasteiger partial charge is 0.233 e. The summed E-state index contributed by atoms with van der Waals surface area (Å²) in [6.45, 7) is 0.326. The standard InChI is InChI=1S/C19H19NO3/c1-23-17-9-7-15(8-10-17)13-20-18(21)12-16(19(20)22)11-14-5-3-2-4-6-14/h2-10,16H,11-13H2,1H3/t16-/m1/s1. The lowest BCUT2D eigenvalue weighted by Crippen LogP contribution is -2.30. The first-order chi connectivity index (χ1) is 11.2. The molecule has 1 fully saturated rings. The molecule has 0 aliphatic carbocycles. The first kappa shape index (κ1) is 15.3. The van der Waals surface area contributed by atoms with Crippen LogP contribution >= 0.6 is 0 Å². The average Bonchev–Trinajstić information content (AvgIpc) is 2.84. The molecule has 0 N–H and O–H groups in total. The molecule has 0 saturated carbocycles. The maximum absolute atomic E-state index is 12.5. The van der Waals surface area contributed by atoms with Crippen LogP contribution in [0.3, 0.4) is 0 Å². The normalized spacial score (nSPS) is 17.6. The van der Waals surface area contributed by atoms with Crippen LogP contribution < -0.4 is 4.74 Å². The molecule has 0 spiro atoms.